The van der Waals surface area contributed by atoms with Crippen molar-refractivity contribution in [1.82, 2.24) is 9.88 Å². The van der Waals surface area contributed by atoms with E-state index in [1.807, 2.05) is 0 Å². The lowest BCUT2D eigenvalue weighted by atomic mass is 10.2. The maximum Gasteiger partial charge on any atom is 0.405 e. The summed E-state index contributed by atoms with van der Waals surface area (Å²) in [6.07, 6.45) is -1.55. The molecule has 0 saturated carbocycles. The third kappa shape index (κ3) is 4.71. The van der Waals surface area contributed by atoms with Gasteiger partial charge in [0.05, 0.1) is 0 Å². The highest BCUT2D eigenvalue weighted by Crippen LogP contribution is 2.12. The van der Waals surface area contributed by atoms with Crippen LogP contribution in [0.2, 0.25) is 0 Å². The summed E-state index contributed by atoms with van der Waals surface area (Å²) in [6.45, 7) is -0.237. The molecule has 0 aliphatic rings. The summed E-state index contributed by atoms with van der Waals surface area (Å²) in [7, 11) is 0. The zero-order chi connectivity index (χ0) is 13.1. The summed E-state index contributed by atoms with van der Waals surface area (Å²) in [6, 6.07) is 1.50. The standard InChI is InChI=1S/C10H11F3N2O2/c1-7(16)8-2-3-15(4-8)5-9(17)14-6-10(11,12)13/h2-4H,5-6H2,1H3,(H,14,17). The number of carbonyl (C=O) groups excluding carboxylic acids is 2. The topological polar surface area (TPSA) is 51.1 Å². The van der Waals surface area contributed by atoms with E-state index in [2.05, 4.69) is 0 Å². The summed E-state index contributed by atoms with van der Waals surface area (Å²) < 4.78 is 36.7. The Morgan fingerprint density at radius 2 is 2.06 bits per heavy atom. The highest BCUT2D eigenvalue weighted by Gasteiger charge is 2.27. The quantitative estimate of drug-likeness (QED) is 0.818. The Morgan fingerprint density at radius 3 is 2.53 bits per heavy atom. The minimum atomic E-state index is -4.42. The Kier molecular flexibility index (Phi) is 3.93. The molecule has 7 heteroatoms. The second kappa shape index (κ2) is 5.03. The normalized spacial score (nSPS) is 11.3. The highest BCUT2D eigenvalue weighted by molar-refractivity contribution is 5.93. The molecule has 0 bridgehead atoms. The molecule has 0 saturated heterocycles. The van der Waals surface area contributed by atoms with Gasteiger partial charge in [-0.3, -0.25) is 9.59 Å². The molecule has 1 aromatic rings. The molecule has 17 heavy (non-hydrogen) atoms. The number of hydrogen-bond donors (Lipinski definition) is 1. The second-order valence-corrected chi connectivity index (χ2v) is 3.52. The zero-order valence-corrected chi connectivity index (χ0v) is 9.04. The SMILES string of the molecule is CC(=O)c1ccn(CC(=O)NCC(F)(F)F)c1. The van der Waals surface area contributed by atoms with Gasteiger partial charge in [0.2, 0.25) is 5.91 Å². The molecule has 1 aromatic heterocycles. The fourth-order valence-electron chi connectivity index (χ4n) is 1.17. The molecule has 94 valence electrons. The van der Waals surface area contributed by atoms with Gasteiger partial charge in [0.15, 0.2) is 5.78 Å². The molecule has 4 nitrogen and oxygen atoms in total. The number of rotatable bonds is 4. The maximum atomic E-state index is 11.8. The predicted molar refractivity (Wildman–Crippen MR) is 53.5 cm³/mol. The zero-order valence-electron chi connectivity index (χ0n) is 9.04. The number of hydrogen-bond acceptors (Lipinski definition) is 2. The molecule has 0 fully saturated rings. The van der Waals surface area contributed by atoms with Crippen LogP contribution in [0.3, 0.4) is 0 Å². The van der Waals surface area contributed by atoms with Crippen molar-refractivity contribution < 1.29 is 22.8 Å². The molecule has 1 heterocycles. The first kappa shape index (κ1) is 13.3. The molecule has 1 N–H and O–H groups in total. The van der Waals surface area contributed by atoms with Crippen molar-refractivity contribution in [3.05, 3.63) is 24.0 Å². The molecule has 1 rings (SSSR count). The van der Waals surface area contributed by atoms with E-state index in [0.29, 0.717) is 5.56 Å². The van der Waals surface area contributed by atoms with Crippen molar-refractivity contribution >= 4 is 11.7 Å². The maximum absolute atomic E-state index is 11.8. The Bertz CT molecular complexity index is 423. The van der Waals surface area contributed by atoms with Crippen molar-refractivity contribution in [2.24, 2.45) is 0 Å². The largest absolute Gasteiger partial charge is 0.405 e. The Balaban J connectivity index is 2.48. The number of halogens is 3. The van der Waals surface area contributed by atoms with Crippen LogP contribution in [0.5, 0.6) is 0 Å². The van der Waals surface area contributed by atoms with Crippen molar-refractivity contribution in [3.8, 4) is 0 Å². The molecule has 0 atom stereocenters. The number of alkyl halides is 3. The van der Waals surface area contributed by atoms with E-state index in [4.69, 9.17) is 0 Å². The van der Waals surface area contributed by atoms with Gasteiger partial charge in [-0.05, 0) is 13.0 Å². The second-order valence-electron chi connectivity index (χ2n) is 3.52. The smallest absolute Gasteiger partial charge is 0.345 e. The summed E-state index contributed by atoms with van der Waals surface area (Å²) in [5.74, 6) is -0.924. The number of aromatic nitrogens is 1. The van der Waals surface area contributed by atoms with Gasteiger partial charge in [-0.15, -0.1) is 0 Å². The number of ketones is 1. The average molecular weight is 248 g/mol. The third-order valence-electron chi connectivity index (χ3n) is 1.97. The van der Waals surface area contributed by atoms with Gasteiger partial charge in [-0.25, -0.2) is 0 Å². The van der Waals surface area contributed by atoms with Gasteiger partial charge >= 0.3 is 6.18 Å². The molecule has 0 aliphatic heterocycles. The monoisotopic (exact) mass is 248 g/mol. The Hall–Kier alpha value is -1.79. The number of Topliss-reactive ketones (excluding diaryl/α,β-unsaturated/α-hetero) is 1. The fourth-order valence-corrected chi connectivity index (χ4v) is 1.17. The van der Waals surface area contributed by atoms with Gasteiger partial charge in [-0.2, -0.15) is 13.2 Å². The first-order valence-electron chi connectivity index (χ1n) is 4.78. The number of nitrogens with one attached hydrogen (secondary N) is 1. The molecular formula is C10H11F3N2O2. The summed E-state index contributed by atoms with van der Waals surface area (Å²) in [5, 5.41) is 1.74. The number of amides is 1. The number of nitrogens with zero attached hydrogens (tertiary/aromatic N) is 1. The van der Waals surface area contributed by atoms with Crippen molar-refractivity contribution in [2.75, 3.05) is 6.54 Å². The van der Waals surface area contributed by atoms with E-state index in [9.17, 15) is 22.8 Å². The van der Waals surface area contributed by atoms with E-state index in [0.717, 1.165) is 0 Å². The highest BCUT2D eigenvalue weighted by atomic mass is 19.4. The van der Waals surface area contributed by atoms with Crippen LogP contribution in [-0.2, 0) is 11.3 Å². The van der Waals surface area contributed by atoms with Gasteiger partial charge in [0.25, 0.3) is 0 Å². The number of carbonyl (C=O) groups is 2. The first-order valence-corrected chi connectivity index (χ1v) is 4.78. The van der Waals surface area contributed by atoms with Crippen molar-refractivity contribution in [2.45, 2.75) is 19.6 Å². The molecule has 0 spiro atoms. The van der Waals surface area contributed by atoms with Gasteiger partial charge in [0.1, 0.15) is 13.1 Å². The fraction of sp³-hybridized carbons (Fsp3) is 0.400. The first-order chi connectivity index (χ1) is 7.78. The Labute approximate surface area is 95.4 Å². The predicted octanol–water partition coefficient (Wildman–Crippen LogP) is 1.37. The van der Waals surface area contributed by atoms with Crippen LogP contribution >= 0.6 is 0 Å². The minimum Gasteiger partial charge on any atom is -0.345 e. The molecule has 0 radical (unpaired) electrons. The molecule has 0 unspecified atom stereocenters. The lowest BCUT2D eigenvalue weighted by Crippen LogP contribution is -2.35. The van der Waals surface area contributed by atoms with Gasteiger partial charge < -0.3 is 9.88 Å². The molecular weight excluding hydrogens is 237 g/mol. The van der Waals surface area contributed by atoms with Crippen molar-refractivity contribution in [1.29, 1.82) is 0 Å². The van der Waals surface area contributed by atoms with Crippen LogP contribution in [0.4, 0.5) is 13.2 Å². The van der Waals surface area contributed by atoms with Gasteiger partial charge in [0, 0.05) is 18.0 Å². The van der Waals surface area contributed by atoms with Crippen LogP contribution in [-0.4, -0.2) is 29.0 Å². The van der Waals surface area contributed by atoms with Crippen LogP contribution in [0.15, 0.2) is 18.5 Å². The van der Waals surface area contributed by atoms with E-state index in [1.54, 1.807) is 5.32 Å². The van der Waals surface area contributed by atoms with E-state index >= 15 is 0 Å². The average Bonchev–Trinajstić information content (AvgIpc) is 2.62. The summed E-state index contributed by atoms with van der Waals surface area (Å²) >= 11 is 0. The summed E-state index contributed by atoms with van der Waals surface area (Å²) in [5.41, 5.74) is 0.411. The molecule has 0 aliphatic carbocycles. The van der Waals surface area contributed by atoms with Crippen LogP contribution in [0, 0.1) is 0 Å². The third-order valence-corrected chi connectivity index (χ3v) is 1.97. The molecule has 0 aromatic carbocycles. The van der Waals surface area contributed by atoms with E-state index in [1.165, 1.54) is 30.0 Å². The molecule has 1 amide bonds. The van der Waals surface area contributed by atoms with E-state index in [-0.39, 0.29) is 12.3 Å². The van der Waals surface area contributed by atoms with Crippen molar-refractivity contribution in [3.63, 3.8) is 0 Å². The van der Waals surface area contributed by atoms with Gasteiger partial charge in [-0.1, -0.05) is 0 Å². The summed E-state index contributed by atoms with van der Waals surface area (Å²) in [4.78, 5) is 22.1. The van der Waals surface area contributed by atoms with E-state index < -0.39 is 18.6 Å². The minimum absolute atomic E-state index is 0.167. The lowest BCUT2D eigenvalue weighted by molar-refractivity contribution is -0.138. The van der Waals surface area contributed by atoms with Crippen LogP contribution in [0.25, 0.3) is 0 Å². The van der Waals surface area contributed by atoms with Crippen LogP contribution < -0.4 is 5.32 Å². The van der Waals surface area contributed by atoms with Crippen LogP contribution in [0.1, 0.15) is 17.3 Å². The lowest BCUT2D eigenvalue weighted by Gasteiger charge is -2.08. The Morgan fingerprint density at radius 1 is 1.41 bits per heavy atom.